The molecular formula is CH8N2Si2. The molecule has 2 nitrogen and oxygen atoms in total. The van der Waals surface area contributed by atoms with Crippen LogP contribution in [0.4, 0.5) is 0 Å². The van der Waals surface area contributed by atoms with Crippen LogP contribution in [-0.4, -0.2) is 31.0 Å². The van der Waals surface area contributed by atoms with Crippen molar-refractivity contribution in [1.82, 2.24) is 8.88 Å². The Kier molecular flexibility index (Phi) is 0.859. The van der Waals surface area contributed by atoms with E-state index in [-0.39, 0.29) is 19.7 Å². The molecule has 1 fully saturated rings. The first-order chi connectivity index (χ1) is 2.39. The number of rotatable bonds is 0. The molecule has 1 N–H and O–H groups in total. The minimum absolute atomic E-state index is 0.174. The third kappa shape index (κ3) is 0.597. The van der Waals surface area contributed by atoms with Crippen LogP contribution >= 0.6 is 0 Å². The van der Waals surface area contributed by atoms with Crippen molar-refractivity contribution in [3.8, 4) is 0 Å². The van der Waals surface area contributed by atoms with Gasteiger partial charge in [-0.25, -0.2) is 0 Å². The van der Waals surface area contributed by atoms with E-state index in [0.717, 1.165) is 0 Å². The standard InChI is InChI=1S/CH8N2Si2/c1-3-4-2-5-3/h2H,4-5H2,1H3. The molecule has 1 aliphatic rings. The van der Waals surface area contributed by atoms with Crippen LogP contribution in [0.2, 0.25) is 0 Å². The second kappa shape index (κ2) is 1.21. The van der Waals surface area contributed by atoms with Gasteiger partial charge in [0.2, 0.25) is 0 Å². The highest BCUT2D eigenvalue weighted by Gasteiger charge is 2.05. The summed E-state index contributed by atoms with van der Waals surface area (Å²) in [7, 11) is 2.55. The van der Waals surface area contributed by atoms with Crippen molar-refractivity contribution >= 4 is 19.7 Å². The maximum Gasteiger partial charge on any atom is 0.157 e. The Hall–Kier alpha value is 0.354. The van der Waals surface area contributed by atoms with Gasteiger partial charge in [-0.05, 0) is 7.05 Å². The van der Waals surface area contributed by atoms with E-state index in [1.165, 1.54) is 0 Å². The van der Waals surface area contributed by atoms with Gasteiger partial charge in [0.1, 0.15) is 0 Å². The molecule has 0 aromatic carbocycles. The molecule has 0 atom stereocenters. The van der Waals surface area contributed by atoms with Crippen molar-refractivity contribution in [3.63, 3.8) is 0 Å². The lowest BCUT2D eigenvalue weighted by molar-refractivity contribution is 0.772. The van der Waals surface area contributed by atoms with Gasteiger partial charge in [0, 0.05) is 0 Å². The molecule has 0 amide bonds. The normalized spacial score (nSPS) is 35.4. The fourth-order valence-electron chi connectivity index (χ4n) is 0.335. The van der Waals surface area contributed by atoms with Crippen LogP contribution < -0.4 is 4.65 Å². The van der Waals surface area contributed by atoms with Crippen LogP contribution in [-0.2, 0) is 0 Å². The van der Waals surface area contributed by atoms with E-state index in [4.69, 9.17) is 0 Å². The highest BCUT2D eigenvalue weighted by atomic mass is 28.4. The van der Waals surface area contributed by atoms with Crippen molar-refractivity contribution in [3.05, 3.63) is 0 Å². The van der Waals surface area contributed by atoms with E-state index in [1.807, 2.05) is 0 Å². The molecule has 0 aromatic heterocycles. The summed E-state index contributed by atoms with van der Waals surface area (Å²) < 4.78 is 5.84. The van der Waals surface area contributed by atoms with Crippen LogP contribution in [0.15, 0.2) is 0 Å². The number of hydrogen-bond acceptors (Lipinski definition) is 2. The van der Waals surface area contributed by atoms with Crippen LogP contribution in [0.25, 0.3) is 0 Å². The summed E-state index contributed by atoms with van der Waals surface area (Å²) in [6.45, 7) is 0. The Bertz CT molecular complexity index is 34.6. The number of hydrogen-bond donors (Lipinski definition) is 1. The largest absolute Gasteiger partial charge is 0.346 e. The minimum Gasteiger partial charge on any atom is -0.346 e. The van der Waals surface area contributed by atoms with Gasteiger partial charge in [-0.15, -0.1) is 0 Å². The zero-order valence-electron chi connectivity index (χ0n) is 3.36. The summed E-state index contributed by atoms with van der Waals surface area (Å²) >= 11 is 0. The predicted octanol–water partition coefficient (Wildman–Crippen LogP) is -2.48. The summed E-state index contributed by atoms with van der Waals surface area (Å²) in [6, 6.07) is 0. The predicted molar refractivity (Wildman–Crippen MR) is 28.0 cm³/mol. The molecule has 1 saturated heterocycles. The average molecular weight is 104 g/mol. The van der Waals surface area contributed by atoms with Gasteiger partial charge in [-0.1, -0.05) is 0 Å². The lowest BCUT2D eigenvalue weighted by Gasteiger charge is -2.25. The molecule has 0 unspecified atom stereocenters. The molecule has 30 valence electrons. The first kappa shape index (κ1) is 3.54. The Labute approximate surface area is 36.5 Å². The molecule has 0 spiro atoms. The molecule has 4 heteroatoms. The summed E-state index contributed by atoms with van der Waals surface area (Å²) in [6.07, 6.45) is 0. The summed E-state index contributed by atoms with van der Waals surface area (Å²) in [5.74, 6) is 0. The fraction of sp³-hybridized carbons (Fsp3) is 1.00. The zero-order valence-corrected chi connectivity index (χ0v) is 6.19. The summed E-state index contributed by atoms with van der Waals surface area (Å²) in [5.41, 5.74) is 0. The van der Waals surface area contributed by atoms with Crippen LogP contribution in [0, 0.1) is 0 Å². The lowest BCUT2D eigenvalue weighted by atomic mass is 11.6. The molecule has 0 aliphatic carbocycles. The molecule has 1 rings (SSSR count). The summed E-state index contributed by atoms with van der Waals surface area (Å²) in [5, 5.41) is 0. The highest BCUT2D eigenvalue weighted by Crippen LogP contribution is 1.74. The van der Waals surface area contributed by atoms with Crippen molar-refractivity contribution in [2.24, 2.45) is 0 Å². The second-order valence-electron chi connectivity index (χ2n) is 1.42. The van der Waals surface area contributed by atoms with E-state index in [9.17, 15) is 0 Å². The molecule has 0 aromatic rings. The van der Waals surface area contributed by atoms with Gasteiger partial charge >= 0.3 is 0 Å². The van der Waals surface area contributed by atoms with E-state index in [0.29, 0.717) is 0 Å². The maximum absolute atomic E-state index is 3.36. The first-order valence-corrected chi connectivity index (χ1v) is 4.47. The highest BCUT2D eigenvalue weighted by molar-refractivity contribution is 6.64. The van der Waals surface area contributed by atoms with Gasteiger partial charge in [-0.2, -0.15) is 0 Å². The Balaban J connectivity index is 2.08. The third-order valence-electron chi connectivity index (χ3n) is 0.763. The smallest absolute Gasteiger partial charge is 0.157 e. The van der Waals surface area contributed by atoms with E-state index in [1.54, 1.807) is 0 Å². The van der Waals surface area contributed by atoms with Crippen LogP contribution in [0.5, 0.6) is 0 Å². The lowest BCUT2D eigenvalue weighted by Crippen LogP contribution is -2.56. The van der Waals surface area contributed by atoms with Gasteiger partial charge < -0.3 is 8.88 Å². The molecule has 1 heterocycles. The molecule has 0 radical (unpaired) electrons. The van der Waals surface area contributed by atoms with Crippen LogP contribution in [0.3, 0.4) is 0 Å². The fourth-order valence-corrected chi connectivity index (χ4v) is 3.02. The van der Waals surface area contributed by atoms with Gasteiger partial charge in [-0.3, -0.25) is 0 Å². The Morgan fingerprint density at radius 2 is 2.00 bits per heavy atom. The SMILES string of the molecule is CN1[SiH2]N[SiH2]1. The average Bonchev–Trinajstić information content (AvgIpc) is 1.30. The quantitative estimate of drug-likeness (QED) is 0.342. The van der Waals surface area contributed by atoms with E-state index >= 15 is 0 Å². The zero-order chi connectivity index (χ0) is 3.70. The topological polar surface area (TPSA) is 15.3 Å². The van der Waals surface area contributed by atoms with Crippen molar-refractivity contribution in [1.29, 1.82) is 0 Å². The minimum atomic E-state index is 0.174. The molecular weight excluding hydrogens is 96.2 g/mol. The van der Waals surface area contributed by atoms with Gasteiger partial charge in [0.05, 0.1) is 0 Å². The van der Waals surface area contributed by atoms with E-state index < -0.39 is 0 Å². The Morgan fingerprint density at radius 1 is 1.60 bits per heavy atom. The van der Waals surface area contributed by atoms with E-state index in [2.05, 4.69) is 15.9 Å². The monoisotopic (exact) mass is 104 g/mol. The number of nitrogens with zero attached hydrogens (tertiary/aromatic N) is 1. The van der Waals surface area contributed by atoms with Crippen molar-refractivity contribution < 1.29 is 0 Å². The molecule has 0 saturated carbocycles. The third-order valence-corrected chi connectivity index (χ3v) is 4.97. The summed E-state index contributed by atoms with van der Waals surface area (Å²) in [4.78, 5) is 0. The van der Waals surface area contributed by atoms with Gasteiger partial charge in [0.15, 0.2) is 19.7 Å². The van der Waals surface area contributed by atoms with Gasteiger partial charge in [0.25, 0.3) is 0 Å². The first-order valence-electron chi connectivity index (χ1n) is 1.79. The second-order valence-corrected chi connectivity index (χ2v) is 7.11. The van der Waals surface area contributed by atoms with Crippen molar-refractivity contribution in [2.45, 2.75) is 0 Å². The van der Waals surface area contributed by atoms with Crippen molar-refractivity contribution in [2.75, 3.05) is 7.05 Å². The molecule has 1 aliphatic heterocycles. The Morgan fingerprint density at radius 3 is 2.00 bits per heavy atom. The molecule has 0 bridgehead atoms. The number of nitrogens with one attached hydrogen (secondary N) is 1. The van der Waals surface area contributed by atoms with Crippen LogP contribution in [0.1, 0.15) is 0 Å². The maximum atomic E-state index is 3.36. The molecule has 5 heavy (non-hydrogen) atoms.